The Balaban J connectivity index is 2.18. The number of rotatable bonds is 6. The number of unbranched alkanes of at least 4 members (excludes halogenated alkanes) is 1. The van der Waals surface area contributed by atoms with Crippen molar-refractivity contribution >= 4 is 0 Å². The van der Waals surface area contributed by atoms with Gasteiger partial charge in [-0.05, 0) is 38.0 Å². The van der Waals surface area contributed by atoms with Gasteiger partial charge in [-0.15, -0.1) is 11.8 Å². The van der Waals surface area contributed by atoms with Gasteiger partial charge >= 0.3 is 0 Å². The summed E-state index contributed by atoms with van der Waals surface area (Å²) < 4.78 is 0. The molecular weight excluding hydrogens is 206 g/mol. The summed E-state index contributed by atoms with van der Waals surface area (Å²) in [6, 6.07) is 0.392. The maximum absolute atomic E-state index is 6.27. The molecule has 98 valence electrons. The van der Waals surface area contributed by atoms with Crippen LogP contribution in [0.4, 0.5) is 0 Å². The third-order valence-corrected chi connectivity index (χ3v) is 4.24. The zero-order chi connectivity index (χ0) is 12.5. The molecule has 1 unspecified atom stereocenters. The monoisotopic (exact) mass is 235 g/mol. The molecule has 0 radical (unpaired) electrons. The molecule has 1 fully saturated rings. The average molecular weight is 235 g/mol. The Bertz CT molecular complexity index is 240. The van der Waals surface area contributed by atoms with Crippen LogP contribution in [-0.2, 0) is 0 Å². The van der Waals surface area contributed by atoms with Crippen molar-refractivity contribution in [3.63, 3.8) is 0 Å². The van der Waals surface area contributed by atoms with Gasteiger partial charge in [-0.25, -0.2) is 0 Å². The van der Waals surface area contributed by atoms with E-state index < -0.39 is 0 Å². The van der Waals surface area contributed by atoms with Crippen molar-refractivity contribution in [2.75, 3.05) is 0 Å². The van der Waals surface area contributed by atoms with Crippen LogP contribution in [-0.4, -0.2) is 6.04 Å². The predicted molar refractivity (Wildman–Crippen MR) is 75.6 cm³/mol. The average Bonchev–Trinajstić information content (AvgIpc) is 2.37. The van der Waals surface area contributed by atoms with Gasteiger partial charge in [-0.1, -0.05) is 39.0 Å². The summed E-state index contributed by atoms with van der Waals surface area (Å²) in [5.74, 6) is 7.84. The first-order chi connectivity index (χ1) is 8.27. The van der Waals surface area contributed by atoms with E-state index >= 15 is 0 Å². The molecule has 1 aliphatic rings. The van der Waals surface area contributed by atoms with Crippen molar-refractivity contribution in [3.05, 3.63) is 0 Å². The van der Waals surface area contributed by atoms with Gasteiger partial charge in [-0.2, -0.15) is 0 Å². The number of hydrogen-bond donors (Lipinski definition) is 1. The van der Waals surface area contributed by atoms with E-state index in [1.807, 2.05) is 6.92 Å². The second-order valence-corrected chi connectivity index (χ2v) is 5.55. The topological polar surface area (TPSA) is 26.0 Å². The molecule has 1 aliphatic carbocycles. The Morgan fingerprint density at radius 3 is 2.53 bits per heavy atom. The van der Waals surface area contributed by atoms with Crippen molar-refractivity contribution < 1.29 is 0 Å². The molecule has 0 saturated heterocycles. The fourth-order valence-electron chi connectivity index (χ4n) is 3.00. The molecule has 1 rings (SSSR count). The smallest absolute Gasteiger partial charge is 0.0103 e. The van der Waals surface area contributed by atoms with Crippen LogP contribution < -0.4 is 5.73 Å². The van der Waals surface area contributed by atoms with E-state index in [4.69, 9.17) is 5.73 Å². The minimum atomic E-state index is 0.392. The summed E-state index contributed by atoms with van der Waals surface area (Å²) in [6.45, 7) is 4.20. The summed E-state index contributed by atoms with van der Waals surface area (Å²) in [4.78, 5) is 0. The highest BCUT2D eigenvalue weighted by molar-refractivity contribution is 4.96. The molecule has 0 aromatic carbocycles. The van der Waals surface area contributed by atoms with Crippen molar-refractivity contribution in [3.8, 4) is 11.8 Å². The standard InChI is InChI=1S/C16H29N/c1-3-5-7-9-16(17)15-12-10-14(11-13-15)8-6-4-2/h14-16H,4,6-13,17H2,1-2H3. The molecule has 1 nitrogen and oxygen atoms in total. The first-order valence-corrected chi connectivity index (χ1v) is 7.43. The first kappa shape index (κ1) is 14.6. The molecule has 2 N–H and O–H groups in total. The lowest BCUT2D eigenvalue weighted by atomic mass is 9.76. The fraction of sp³-hybridized carbons (Fsp3) is 0.875. The van der Waals surface area contributed by atoms with E-state index in [0.29, 0.717) is 6.04 Å². The normalized spacial score (nSPS) is 26.1. The minimum Gasteiger partial charge on any atom is -0.327 e. The van der Waals surface area contributed by atoms with Crippen molar-refractivity contribution in [2.24, 2.45) is 17.6 Å². The van der Waals surface area contributed by atoms with Gasteiger partial charge in [0, 0.05) is 12.5 Å². The van der Waals surface area contributed by atoms with E-state index in [-0.39, 0.29) is 0 Å². The molecule has 0 aliphatic heterocycles. The number of nitrogens with two attached hydrogens (primary N) is 1. The maximum Gasteiger partial charge on any atom is 0.0103 e. The molecular formula is C16H29N. The lowest BCUT2D eigenvalue weighted by Crippen LogP contribution is -2.33. The molecule has 0 amide bonds. The summed E-state index contributed by atoms with van der Waals surface area (Å²) >= 11 is 0. The highest BCUT2D eigenvalue weighted by Gasteiger charge is 2.24. The van der Waals surface area contributed by atoms with Crippen LogP contribution >= 0.6 is 0 Å². The van der Waals surface area contributed by atoms with Crippen LogP contribution in [0.2, 0.25) is 0 Å². The van der Waals surface area contributed by atoms with Gasteiger partial charge < -0.3 is 5.73 Å². The summed E-state index contributed by atoms with van der Waals surface area (Å²) in [5.41, 5.74) is 6.27. The van der Waals surface area contributed by atoms with Crippen LogP contribution in [0.5, 0.6) is 0 Å². The van der Waals surface area contributed by atoms with E-state index in [9.17, 15) is 0 Å². The number of hydrogen-bond acceptors (Lipinski definition) is 1. The quantitative estimate of drug-likeness (QED) is 0.689. The van der Waals surface area contributed by atoms with E-state index in [2.05, 4.69) is 18.8 Å². The minimum absolute atomic E-state index is 0.392. The van der Waals surface area contributed by atoms with Crippen molar-refractivity contribution in [2.45, 2.75) is 77.7 Å². The highest BCUT2D eigenvalue weighted by atomic mass is 14.6. The molecule has 0 aromatic rings. The van der Waals surface area contributed by atoms with E-state index in [1.165, 1.54) is 44.9 Å². The van der Waals surface area contributed by atoms with Gasteiger partial charge in [0.1, 0.15) is 0 Å². The second-order valence-electron chi connectivity index (χ2n) is 5.55. The Hall–Kier alpha value is -0.480. The van der Waals surface area contributed by atoms with Crippen LogP contribution in [0.25, 0.3) is 0 Å². The zero-order valence-corrected chi connectivity index (χ0v) is 11.7. The molecule has 0 heterocycles. The molecule has 1 atom stereocenters. The molecule has 1 heteroatoms. The Morgan fingerprint density at radius 2 is 1.94 bits per heavy atom. The predicted octanol–water partition coefficient (Wildman–Crippen LogP) is 4.11. The zero-order valence-electron chi connectivity index (χ0n) is 11.7. The lowest BCUT2D eigenvalue weighted by molar-refractivity contribution is 0.227. The SMILES string of the molecule is CC#CCCC(N)C1CCC(CCCC)CC1. The van der Waals surface area contributed by atoms with Crippen LogP contribution in [0, 0.1) is 23.7 Å². The lowest BCUT2D eigenvalue weighted by Gasteiger charge is -2.32. The third kappa shape index (κ3) is 5.59. The second kappa shape index (κ2) is 8.59. The van der Waals surface area contributed by atoms with Gasteiger partial charge in [0.25, 0.3) is 0 Å². The van der Waals surface area contributed by atoms with Crippen molar-refractivity contribution in [1.82, 2.24) is 0 Å². The first-order valence-electron chi connectivity index (χ1n) is 7.43. The van der Waals surface area contributed by atoms with Gasteiger partial charge in [-0.3, -0.25) is 0 Å². The molecule has 0 spiro atoms. The van der Waals surface area contributed by atoms with E-state index in [0.717, 1.165) is 24.7 Å². The van der Waals surface area contributed by atoms with Gasteiger partial charge in [0.05, 0.1) is 0 Å². The Morgan fingerprint density at radius 1 is 1.24 bits per heavy atom. The summed E-state index contributed by atoms with van der Waals surface area (Å²) in [6.07, 6.45) is 11.8. The van der Waals surface area contributed by atoms with Crippen LogP contribution in [0.1, 0.15) is 71.6 Å². The molecule has 0 bridgehead atoms. The highest BCUT2D eigenvalue weighted by Crippen LogP contribution is 2.33. The third-order valence-electron chi connectivity index (χ3n) is 4.24. The Kier molecular flexibility index (Phi) is 7.37. The fourth-order valence-corrected chi connectivity index (χ4v) is 3.00. The molecule has 0 aromatic heterocycles. The summed E-state index contributed by atoms with van der Waals surface area (Å²) in [7, 11) is 0. The molecule has 1 saturated carbocycles. The maximum atomic E-state index is 6.27. The summed E-state index contributed by atoms with van der Waals surface area (Å²) in [5, 5.41) is 0. The van der Waals surface area contributed by atoms with Crippen LogP contribution in [0.3, 0.4) is 0 Å². The van der Waals surface area contributed by atoms with E-state index in [1.54, 1.807) is 0 Å². The van der Waals surface area contributed by atoms with Crippen molar-refractivity contribution in [1.29, 1.82) is 0 Å². The van der Waals surface area contributed by atoms with Crippen LogP contribution in [0.15, 0.2) is 0 Å². The largest absolute Gasteiger partial charge is 0.327 e. The van der Waals surface area contributed by atoms with Gasteiger partial charge in [0.15, 0.2) is 0 Å². The molecule has 17 heavy (non-hydrogen) atoms. The Labute approximate surface area is 108 Å². The van der Waals surface area contributed by atoms with Gasteiger partial charge in [0.2, 0.25) is 0 Å².